The van der Waals surface area contributed by atoms with Crippen LogP contribution >= 0.6 is 11.6 Å². The van der Waals surface area contributed by atoms with Crippen molar-refractivity contribution in [2.75, 3.05) is 7.11 Å². The van der Waals surface area contributed by atoms with Gasteiger partial charge in [-0.2, -0.15) is 5.10 Å². The first kappa shape index (κ1) is 12.0. The van der Waals surface area contributed by atoms with Crippen LogP contribution in [0, 0.1) is 6.92 Å². The van der Waals surface area contributed by atoms with Gasteiger partial charge in [-0.1, -0.05) is 11.6 Å². The van der Waals surface area contributed by atoms with E-state index >= 15 is 0 Å². The second kappa shape index (κ2) is 4.77. The number of hydrogen-bond donors (Lipinski definition) is 1. The van der Waals surface area contributed by atoms with Crippen molar-refractivity contribution in [1.82, 2.24) is 9.78 Å². The van der Waals surface area contributed by atoms with Crippen LogP contribution in [0.1, 0.15) is 11.3 Å². The van der Waals surface area contributed by atoms with Gasteiger partial charge in [0.05, 0.1) is 24.1 Å². The molecule has 1 aromatic heterocycles. The number of aromatic nitrogens is 2. The molecule has 0 aliphatic rings. The summed E-state index contributed by atoms with van der Waals surface area (Å²) in [6.07, 6.45) is 0. The topological polar surface area (TPSA) is 53.1 Å². The molecule has 90 valence electrons. The average molecular weight is 252 g/mol. The number of methoxy groups -OCH3 is 1. The normalized spacial score (nSPS) is 10.6. The van der Waals surface area contributed by atoms with Crippen molar-refractivity contribution in [3.05, 3.63) is 40.5 Å². The summed E-state index contributed by atoms with van der Waals surface area (Å²) in [5.41, 5.74) is 8.38. The third-order valence-corrected chi connectivity index (χ3v) is 2.86. The fourth-order valence-electron chi connectivity index (χ4n) is 1.74. The molecule has 1 aromatic carbocycles. The summed E-state index contributed by atoms with van der Waals surface area (Å²) in [6.45, 7) is 2.32. The molecule has 0 amide bonds. The van der Waals surface area contributed by atoms with E-state index in [0.717, 1.165) is 16.9 Å². The highest BCUT2D eigenvalue weighted by Crippen LogP contribution is 2.25. The van der Waals surface area contributed by atoms with E-state index in [2.05, 4.69) is 5.10 Å². The molecule has 0 saturated heterocycles. The molecule has 17 heavy (non-hydrogen) atoms. The lowest BCUT2D eigenvalue weighted by molar-refractivity contribution is 0.379. The van der Waals surface area contributed by atoms with E-state index < -0.39 is 0 Å². The predicted octanol–water partition coefficient (Wildman–Crippen LogP) is 2.30. The van der Waals surface area contributed by atoms with Crippen LogP contribution in [-0.2, 0) is 6.54 Å². The number of aryl methyl sites for hydroxylation is 1. The molecule has 2 rings (SSSR count). The molecule has 0 fully saturated rings. The number of nitrogens with two attached hydrogens (primary N) is 1. The van der Waals surface area contributed by atoms with Gasteiger partial charge in [-0.25, -0.2) is 4.68 Å². The molecule has 2 aromatic rings. The third kappa shape index (κ3) is 2.14. The van der Waals surface area contributed by atoms with E-state index in [1.165, 1.54) is 0 Å². The Hall–Kier alpha value is -1.52. The van der Waals surface area contributed by atoms with Gasteiger partial charge in [0.1, 0.15) is 0 Å². The molecule has 0 atom stereocenters. The van der Waals surface area contributed by atoms with Crippen LogP contribution < -0.4 is 10.5 Å². The molecule has 1 heterocycles. The zero-order valence-corrected chi connectivity index (χ0v) is 10.5. The Morgan fingerprint density at radius 2 is 2.00 bits per heavy atom. The van der Waals surface area contributed by atoms with Gasteiger partial charge < -0.3 is 10.5 Å². The molecule has 0 spiro atoms. The maximum Gasteiger partial charge on any atom is 0.221 e. The van der Waals surface area contributed by atoms with Crippen LogP contribution in [-0.4, -0.2) is 16.9 Å². The van der Waals surface area contributed by atoms with Crippen molar-refractivity contribution >= 4 is 11.6 Å². The van der Waals surface area contributed by atoms with E-state index in [4.69, 9.17) is 22.1 Å². The Morgan fingerprint density at radius 1 is 1.35 bits per heavy atom. The molecular formula is C12H14ClN3O. The van der Waals surface area contributed by atoms with E-state index in [9.17, 15) is 0 Å². The van der Waals surface area contributed by atoms with Crippen LogP contribution in [0.25, 0.3) is 5.69 Å². The van der Waals surface area contributed by atoms with Crippen LogP contribution in [0.2, 0.25) is 5.02 Å². The average Bonchev–Trinajstić information content (AvgIpc) is 2.66. The number of rotatable bonds is 3. The monoisotopic (exact) mass is 251 g/mol. The van der Waals surface area contributed by atoms with Crippen LogP contribution in [0.3, 0.4) is 0 Å². The summed E-state index contributed by atoms with van der Waals surface area (Å²) in [5.74, 6) is 0.673. The minimum Gasteiger partial charge on any atom is -0.481 e. The summed E-state index contributed by atoms with van der Waals surface area (Å²) in [4.78, 5) is 0. The molecule has 0 aliphatic heterocycles. The molecular weight excluding hydrogens is 238 g/mol. The Morgan fingerprint density at radius 3 is 2.53 bits per heavy atom. The van der Waals surface area contributed by atoms with Gasteiger partial charge in [-0.05, 0) is 31.2 Å². The van der Waals surface area contributed by atoms with Crippen molar-refractivity contribution < 1.29 is 4.74 Å². The summed E-state index contributed by atoms with van der Waals surface area (Å²) >= 11 is 5.86. The van der Waals surface area contributed by atoms with Gasteiger partial charge in [0.15, 0.2) is 0 Å². The number of benzene rings is 1. The zero-order chi connectivity index (χ0) is 12.4. The molecule has 0 aliphatic carbocycles. The summed E-state index contributed by atoms with van der Waals surface area (Å²) in [7, 11) is 1.61. The molecule has 2 N–H and O–H groups in total. The van der Waals surface area contributed by atoms with E-state index in [-0.39, 0.29) is 0 Å². The molecule has 0 bridgehead atoms. The van der Waals surface area contributed by atoms with E-state index in [1.807, 2.05) is 31.2 Å². The first-order valence-corrected chi connectivity index (χ1v) is 5.63. The van der Waals surface area contributed by atoms with Gasteiger partial charge in [0.2, 0.25) is 5.88 Å². The van der Waals surface area contributed by atoms with Gasteiger partial charge in [-0.3, -0.25) is 0 Å². The van der Waals surface area contributed by atoms with Crippen molar-refractivity contribution in [3.63, 3.8) is 0 Å². The van der Waals surface area contributed by atoms with Crippen molar-refractivity contribution in [3.8, 4) is 11.6 Å². The number of halogens is 1. The fourth-order valence-corrected chi connectivity index (χ4v) is 1.87. The maximum atomic E-state index is 5.86. The highest BCUT2D eigenvalue weighted by Gasteiger charge is 2.15. The van der Waals surface area contributed by atoms with E-state index in [0.29, 0.717) is 17.4 Å². The van der Waals surface area contributed by atoms with Crippen molar-refractivity contribution in [1.29, 1.82) is 0 Å². The minimum absolute atomic E-state index is 0.405. The molecule has 5 heteroatoms. The van der Waals surface area contributed by atoms with Crippen molar-refractivity contribution in [2.45, 2.75) is 13.5 Å². The highest BCUT2D eigenvalue weighted by molar-refractivity contribution is 6.30. The van der Waals surface area contributed by atoms with Gasteiger partial charge >= 0.3 is 0 Å². The molecule has 0 unspecified atom stereocenters. The fraction of sp³-hybridized carbons (Fsp3) is 0.250. The SMILES string of the molecule is COc1c(CN)c(C)nn1-c1ccc(Cl)cc1. The zero-order valence-electron chi connectivity index (χ0n) is 9.77. The van der Waals surface area contributed by atoms with E-state index in [1.54, 1.807) is 11.8 Å². The summed E-state index contributed by atoms with van der Waals surface area (Å²) < 4.78 is 7.09. The lowest BCUT2D eigenvalue weighted by atomic mass is 10.2. The number of nitrogens with zero attached hydrogens (tertiary/aromatic N) is 2. The highest BCUT2D eigenvalue weighted by atomic mass is 35.5. The van der Waals surface area contributed by atoms with Gasteiger partial charge in [-0.15, -0.1) is 0 Å². The smallest absolute Gasteiger partial charge is 0.221 e. The first-order chi connectivity index (χ1) is 8.17. The molecule has 4 nitrogen and oxygen atoms in total. The first-order valence-electron chi connectivity index (χ1n) is 5.26. The summed E-state index contributed by atoms with van der Waals surface area (Å²) in [5, 5.41) is 5.11. The lowest BCUT2D eigenvalue weighted by Crippen LogP contribution is -2.02. The Balaban J connectivity index is 2.55. The van der Waals surface area contributed by atoms with Gasteiger partial charge in [0.25, 0.3) is 0 Å². The Bertz CT molecular complexity index is 519. The van der Waals surface area contributed by atoms with Crippen molar-refractivity contribution in [2.24, 2.45) is 5.73 Å². The largest absolute Gasteiger partial charge is 0.481 e. The molecule has 0 radical (unpaired) electrons. The van der Waals surface area contributed by atoms with Crippen LogP contribution in [0.4, 0.5) is 0 Å². The maximum absolute atomic E-state index is 5.86. The molecule has 0 saturated carbocycles. The minimum atomic E-state index is 0.405. The standard InChI is InChI=1S/C12H14ClN3O/c1-8-11(7-14)12(17-2)16(15-8)10-5-3-9(13)4-6-10/h3-6H,7,14H2,1-2H3. The van der Waals surface area contributed by atoms with Crippen LogP contribution in [0.5, 0.6) is 5.88 Å². The Kier molecular flexibility index (Phi) is 3.36. The predicted molar refractivity (Wildman–Crippen MR) is 67.8 cm³/mol. The number of hydrogen-bond acceptors (Lipinski definition) is 3. The third-order valence-electron chi connectivity index (χ3n) is 2.61. The quantitative estimate of drug-likeness (QED) is 0.911. The Labute approximate surface area is 105 Å². The summed E-state index contributed by atoms with van der Waals surface area (Å²) in [6, 6.07) is 7.40. The number of ether oxygens (including phenoxy) is 1. The van der Waals surface area contributed by atoms with Crippen LogP contribution in [0.15, 0.2) is 24.3 Å². The lowest BCUT2D eigenvalue weighted by Gasteiger charge is -2.07. The van der Waals surface area contributed by atoms with Gasteiger partial charge in [0, 0.05) is 11.6 Å². The second-order valence-electron chi connectivity index (χ2n) is 3.67. The second-order valence-corrected chi connectivity index (χ2v) is 4.10.